The maximum absolute atomic E-state index is 12.4. The van der Waals surface area contributed by atoms with Crippen molar-refractivity contribution in [2.75, 3.05) is 23.9 Å². The first-order chi connectivity index (χ1) is 7.43. The minimum Gasteiger partial charge on any atom is -0.384 e. The summed E-state index contributed by atoms with van der Waals surface area (Å²) >= 11 is 7.24. The highest BCUT2D eigenvalue weighted by Crippen LogP contribution is 2.33. The van der Waals surface area contributed by atoms with Crippen LogP contribution in [-0.2, 0) is 6.18 Å². The Hall–Kier alpha value is -0.550. The molecule has 0 saturated heterocycles. The molecule has 0 unspecified atom stereocenters. The van der Waals surface area contributed by atoms with Gasteiger partial charge in [0.1, 0.15) is 0 Å². The summed E-state index contributed by atoms with van der Waals surface area (Å²) in [6.07, 6.45) is -2.43. The number of anilines is 1. The Morgan fingerprint density at radius 3 is 2.56 bits per heavy atom. The summed E-state index contributed by atoms with van der Waals surface area (Å²) in [5.74, 6) is 0.827. The Kier molecular flexibility index (Phi) is 4.80. The van der Waals surface area contributed by atoms with Gasteiger partial charge in [-0.15, -0.1) is 0 Å². The van der Waals surface area contributed by atoms with Gasteiger partial charge in [-0.1, -0.05) is 11.6 Å². The number of nitrogens with one attached hydrogen (secondary N) is 1. The topological polar surface area (TPSA) is 12.0 Å². The molecule has 0 saturated carbocycles. The molecular weight excluding hydrogens is 259 g/mol. The van der Waals surface area contributed by atoms with E-state index >= 15 is 0 Å². The third-order valence-electron chi connectivity index (χ3n) is 1.86. The molecule has 0 fully saturated rings. The highest BCUT2D eigenvalue weighted by molar-refractivity contribution is 7.98. The molecule has 0 aliphatic rings. The number of hydrogen-bond donors (Lipinski definition) is 1. The molecule has 1 aromatic carbocycles. The highest BCUT2D eigenvalue weighted by Gasteiger charge is 2.31. The van der Waals surface area contributed by atoms with Crippen LogP contribution in [0.5, 0.6) is 0 Å². The minimum absolute atomic E-state index is 0.0847. The summed E-state index contributed by atoms with van der Waals surface area (Å²) in [7, 11) is 0. The van der Waals surface area contributed by atoms with Crippen LogP contribution in [-0.4, -0.2) is 18.6 Å². The van der Waals surface area contributed by atoms with E-state index in [4.69, 9.17) is 11.6 Å². The van der Waals surface area contributed by atoms with Crippen LogP contribution in [0, 0.1) is 0 Å². The van der Waals surface area contributed by atoms with E-state index < -0.39 is 11.7 Å². The lowest BCUT2D eigenvalue weighted by atomic mass is 10.2. The van der Waals surface area contributed by atoms with Gasteiger partial charge in [0.2, 0.25) is 0 Å². The third kappa shape index (κ3) is 4.14. The van der Waals surface area contributed by atoms with Crippen LogP contribution < -0.4 is 5.32 Å². The summed E-state index contributed by atoms with van der Waals surface area (Å²) in [6.45, 7) is 0.610. The number of thioether (sulfide) groups is 1. The molecule has 0 spiro atoms. The van der Waals surface area contributed by atoms with Crippen molar-refractivity contribution in [1.29, 1.82) is 0 Å². The molecule has 0 atom stereocenters. The first-order valence-electron chi connectivity index (χ1n) is 4.54. The molecule has 16 heavy (non-hydrogen) atoms. The second-order valence-corrected chi connectivity index (χ2v) is 4.57. The Labute approximate surface area is 101 Å². The van der Waals surface area contributed by atoms with Crippen LogP contribution in [0.2, 0.25) is 5.02 Å². The molecule has 0 radical (unpaired) electrons. The monoisotopic (exact) mass is 269 g/mol. The Morgan fingerprint density at radius 2 is 2.00 bits per heavy atom. The van der Waals surface area contributed by atoms with Gasteiger partial charge in [-0.2, -0.15) is 24.9 Å². The van der Waals surface area contributed by atoms with Crippen LogP contribution >= 0.6 is 23.4 Å². The van der Waals surface area contributed by atoms with Crippen molar-refractivity contribution in [1.82, 2.24) is 0 Å². The molecule has 0 aromatic heterocycles. The van der Waals surface area contributed by atoms with Gasteiger partial charge in [0, 0.05) is 23.0 Å². The fourth-order valence-electron chi connectivity index (χ4n) is 1.15. The van der Waals surface area contributed by atoms with E-state index in [2.05, 4.69) is 5.32 Å². The summed E-state index contributed by atoms with van der Waals surface area (Å²) in [4.78, 5) is 0. The summed E-state index contributed by atoms with van der Waals surface area (Å²) < 4.78 is 37.3. The first-order valence-corrected chi connectivity index (χ1v) is 6.31. The molecule has 0 aliphatic heterocycles. The first kappa shape index (κ1) is 13.5. The quantitative estimate of drug-likeness (QED) is 0.825. The predicted octanol–water partition coefficient (Wildman–Crippen LogP) is 4.13. The fourth-order valence-corrected chi connectivity index (χ4v) is 1.69. The molecule has 1 aromatic rings. The smallest absolute Gasteiger partial charge is 0.384 e. The van der Waals surface area contributed by atoms with Crippen molar-refractivity contribution in [2.45, 2.75) is 6.18 Å². The predicted molar refractivity (Wildman–Crippen MR) is 63.3 cm³/mol. The molecular formula is C10H11ClF3NS. The van der Waals surface area contributed by atoms with Crippen LogP contribution in [0.4, 0.5) is 18.9 Å². The van der Waals surface area contributed by atoms with Crippen molar-refractivity contribution in [3.05, 3.63) is 28.8 Å². The molecule has 1 N–H and O–H groups in total. The lowest BCUT2D eigenvalue weighted by Gasteiger charge is -2.11. The Morgan fingerprint density at radius 1 is 1.31 bits per heavy atom. The molecule has 6 heteroatoms. The van der Waals surface area contributed by atoms with Gasteiger partial charge in [0.25, 0.3) is 0 Å². The van der Waals surface area contributed by atoms with Gasteiger partial charge in [-0.3, -0.25) is 0 Å². The Bertz CT molecular complexity index is 354. The van der Waals surface area contributed by atoms with Crippen LogP contribution in [0.3, 0.4) is 0 Å². The maximum atomic E-state index is 12.4. The zero-order chi connectivity index (χ0) is 12.2. The standard InChI is InChI=1S/C10H11ClF3NS/c1-16-3-2-15-9-5-7(10(12,13)14)4-8(11)6-9/h4-6,15H,2-3H2,1H3. The van der Waals surface area contributed by atoms with Crippen molar-refractivity contribution >= 4 is 29.1 Å². The zero-order valence-corrected chi connectivity index (χ0v) is 10.1. The van der Waals surface area contributed by atoms with E-state index in [0.717, 1.165) is 17.9 Å². The van der Waals surface area contributed by atoms with Crippen molar-refractivity contribution in [3.8, 4) is 0 Å². The molecule has 0 aliphatic carbocycles. The fraction of sp³-hybridized carbons (Fsp3) is 0.400. The lowest BCUT2D eigenvalue weighted by Crippen LogP contribution is -2.08. The van der Waals surface area contributed by atoms with Gasteiger partial charge in [-0.25, -0.2) is 0 Å². The maximum Gasteiger partial charge on any atom is 0.416 e. The number of benzene rings is 1. The molecule has 0 heterocycles. The number of halogens is 4. The van der Waals surface area contributed by atoms with Gasteiger partial charge < -0.3 is 5.32 Å². The van der Waals surface area contributed by atoms with Crippen LogP contribution in [0.25, 0.3) is 0 Å². The number of alkyl halides is 3. The van der Waals surface area contributed by atoms with Crippen molar-refractivity contribution in [2.24, 2.45) is 0 Å². The van der Waals surface area contributed by atoms with E-state index in [1.54, 1.807) is 11.8 Å². The van der Waals surface area contributed by atoms with Gasteiger partial charge in [-0.05, 0) is 24.5 Å². The summed E-state index contributed by atoms with van der Waals surface area (Å²) in [6, 6.07) is 3.46. The second-order valence-electron chi connectivity index (χ2n) is 3.15. The van der Waals surface area contributed by atoms with Gasteiger partial charge in [0.15, 0.2) is 0 Å². The third-order valence-corrected chi connectivity index (χ3v) is 2.69. The zero-order valence-electron chi connectivity index (χ0n) is 8.57. The largest absolute Gasteiger partial charge is 0.416 e. The lowest BCUT2D eigenvalue weighted by molar-refractivity contribution is -0.137. The summed E-state index contributed by atoms with van der Waals surface area (Å²) in [5, 5.41) is 2.98. The van der Waals surface area contributed by atoms with Crippen molar-refractivity contribution in [3.63, 3.8) is 0 Å². The molecule has 0 bridgehead atoms. The molecule has 90 valence electrons. The Balaban J connectivity index is 2.82. The second kappa shape index (κ2) is 5.68. The van der Waals surface area contributed by atoms with Crippen molar-refractivity contribution < 1.29 is 13.2 Å². The number of hydrogen-bond acceptors (Lipinski definition) is 2. The SMILES string of the molecule is CSCCNc1cc(Cl)cc(C(F)(F)F)c1. The summed E-state index contributed by atoms with van der Waals surface area (Å²) in [5.41, 5.74) is -0.333. The molecule has 1 rings (SSSR count). The number of rotatable bonds is 4. The highest BCUT2D eigenvalue weighted by atomic mass is 35.5. The van der Waals surface area contributed by atoms with E-state index in [-0.39, 0.29) is 5.02 Å². The van der Waals surface area contributed by atoms with E-state index in [0.29, 0.717) is 12.2 Å². The van der Waals surface area contributed by atoms with Crippen LogP contribution in [0.15, 0.2) is 18.2 Å². The van der Waals surface area contributed by atoms with E-state index in [1.807, 2.05) is 6.26 Å². The van der Waals surface area contributed by atoms with Gasteiger partial charge >= 0.3 is 6.18 Å². The van der Waals surface area contributed by atoms with E-state index in [9.17, 15) is 13.2 Å². The van der Waals surface area contributed by atoms with E-state index in [1.165, 1.54) is 6.07 Å². The average Bonchev–Trinajstić information content (AvgIpc) is 2.16. The molecule has 0 amide bonds. The minimum atomic E-state index is -4.36. The molecule has 1 nitrogen and oxygen atoms in total. The van der Waals surface area contributed by atoms with Crippen LogP contribution in [0.1, 0.15) is 5.56 Å². The average molecular weight is 270 g/mol. The van der Waals surface area contributed by atoms with Gasteiger partial charge in [0.05, 0.1) is 5.56 Å². The normalized spacial score (nSPS) is 11.6.